The maximum atomic E-state index is 12.3. The Labute approximate surface area is 129 Å². The number of nitrogens with zero attached hydrogens (tertiary/aromatic N) is 1. The lowest BCUT2D eigenvalue weighted by atomic mass is 9.89. The second kappa shape index (κ2) is 7.02. The SMILES string of the molecule is C=CCON=C(CC)C1=C(O)CC2(CCCSC2)OC1=O. The molecule has 1 N–H and O–H groups in total. The number of ether oxygens (including phenoxy) is 1. The first-order chi connectivity index (χ1) is 10.1. The zero-order chi connectivity index (χ0) is 15.3. The van der Waals surface area contributed by atoms with E-state index in [1.807, 2.05) is 6.92 Å². The molecule has 1 unspecified atom stereocenters. The van der Waals surface area contributed by atoms with Crippen molar-refractivity contribution in [3.63, 3.8) is 0 Å². The van der Waals surface area contributed by atoms with E-state index in [1.165, 1.54) is 0 Å². The van der Waals surface area contributed by atoms with Crippen LogP contribution in [-0.2, 0) is 14.4 Å². The fourth-order valence-corrected chi connectivity index (χ4v) is 3.75. The molecule has 2 aliphatic rings. The van der Waals surface area contributed by atoms with Crippen molar-refractivity contribution in [3.8, 4) is 0 Å². The van der Waals surface area contributed by atoms with Gasteiger partial charge in [0, 0.05) is 12.2 Å². The molecular weight excluding hydrogens is 290 g/mol. The predicted molar refractivity (Wildman–Crippen MR) is 83.5 cm³/mol. The highest BCUT2D eigenvalue weighted by Crippen LogP contribution is 2.39. The van der Waals surface area contributed by atoms with E-state index in [4.69, 9.17) is 9.57 Å². The monoisotopic (exact) mass is 311 g/mol. The number of esters is 1. The van der Waals surface area contributed by atoms with E-state index in [0.717, 1.165) is 24.3 Å². The number of rotatable bonds is 5. The molecule has 116 valence electrons. The Kier molecular flexibility index (Phi) is 5.33. The molecular formula is C15H21NO4S. The van der Waals surface area contributed by atoms with Crippen LogP contribution in [0.3, 0.4) is 0 Å². The summed E-state index contributed by atoms with van der Waals surface area (Å²) in [5.41, 5.74) is 0.0226. The Morgan fingerprint density at radius 1 is 1.67 bits per heavy atom. The van der Waals surface area contributed by atoms with Crippen LogP contribution in [0.25, 0.3) is 0 Å². The van der Waals surface area contributed by atoms with Crippen LogP contribution < -0.4 is 0 Å². The second-order valence-corrected chi connectivity index (χ2v) is 6.31. The minimum Gasteiger partial charge on any atom is -0.511 e. The molecule has 0 amide bonds. The number of oxime groups is 1. The molecule has 1 fully saturated rings. The number of hydrogen-bond acceptors (Lipinski definition) is 6. The van der Waals surface area contributed by atoms with E-state index in [1.54, 1.807) is 17.8 Å². The molecule has 2 rings (SSSR count). The van der Waals surface area contributed by atoms with Crippen LogP contribution in [-0.4, -0.2) is 40.5 Å². The average Bonchev–Trinajstić information content (AvgIpc) is 2.45. The summed E-state index contributed by atoms with van der Waals surface area (Å²) in [5, 5.41) is 14.2. The van der Waals surface area contributed by atoms with E-state index >= 15 is 0 Å². The van der Waals surface area contributed by atoms with Crippen molar-refractivity contribution in [2.75, 3.05) is 18.1 Å². The summed E-state index contributed by atoms with van der Waals surface area (Å²) in [6, 6.07) is 0. The molecule has 6 heteroatoms. The quantitative estimate of drug-likeness (QED) is 0.278. The molecule has 1 atom stereocenters. The standard InChI is InChI=1S/C15H21NO4S/c1-3-7-19-16-11(4-2)13-12(17)9-15(20-14(13)18)6-5-8-21-10-15/h3,17H,1,4-10H2,2H3. The lowest BCUT2D eigenvalue weighted by molar-refractivity contribution is -0.156. The third-order valence-electron chi connectivity index (χ3n) is 3.57. The summed E-state index contributed by atoms with van der Waals surface area (Å²) in [6.07, 6.45) is 4.21. The Morgan fingerprint density at radius 2 is 2.48 bits per heavy atom. The van der Waals surface area contributed by atoms with Crippen LogP contribution in [0.5, 0.6) is 0 Å². The molecule has 2 aliphatic heterocycles. The van der Waals surface area contributed by atoms with Gasteiger partial charge in [0.05, 0.1) is 5.71 Å². The molecule has 1 spiro atoms. The van der Waals surface area contributed by atoms with Gasteiger partial charge in [-0.25, -0.2) is 4.79 Å². The number of aliphatic hydroxyl groups excluding tert-OH is 1. The molecule has 2 heterocycles. The minimum atomic E-state index is -0.547. The lowest BCUT2D eigenvalue weighted by Crippen LogP contribution is -2.45. The summed E-state index contributed by atoms with van der Waals surface area (Å²) in [6.45, 7) is 5.64. The Balaban J connectivity index is 2.22. The molecule has 0 aromatic heterocycles. The van der Waals surface area contributed by atoms with E-state index in [-0.39, 0.29) is 17.9 Å². The topological polar surface area (TPSA) is 68.1 Å². The van der Waals surface area contributed by atoms with Gasteiger partial charge in [0.25, 0.3) is 0 Å². The highest BCUT2D eigenvalue weighted by molar-refractivity contribution is 7.99. The normalized spacial score (nSPS) is 26.7. The van der Waals surface area contributed by atoms with Crippen LogP contribution >= 0.6 is 11.8 Å². The van der Waals surface area contributed by atoms with Crippen LogP contribution in [0.15, 0.2) is 29.1 Å². The Bertz CT molecular complexity index is 478. The number of aliphatic hydroxyl groups is 1. The maximum Gasteiger partial charge on any atom is 0.344 e. The van der Waals surface area contributed by atoms with Crippen LogP contribution in [0, 0.1) is 0 Å². The van der Waals surface area contributed by atoms with Gasteiger partial charge in [0.2, 0.25) is 0 Å². The van der Waals surface area contributed by atoms with Crippen molar-refractivity contribution in [3.05, 3.63) is 24.0 Å². The maximum absolute atomic E-state index is 12.3. The van der Waals surface area contributed by atoms with E-state index in [2.05, 4.69) is 11.7 Å². The van der Waals surface area contributed by atoms with E-state index in [9.17, 15) is 9.90 Å². The number of carbonyl (C=O) groups is 1. The van der Waals surface area contributed by atoms with Gasteiger partial charge in [-0.1, -0.05) is 24.7 Å². The zero-order valence-corrected chi connectivity index (χ0v) is 13.1. The first kappa shape index (κ1) is 15.9. The Hall–Kier alpha value is -1.43. The average molecular weight is 311 g/mol. The predicted octanol–water partition coefficient (Wildman–Crippen LogP) is 2.98. The summed E-state index contributed by atoms with van der Waals surface area (Å²) in [5.74, 6) is 1.38. The molecule has 0 bridgehead atoms. The van der Waals surface area contributed by atoms with Crippen molar-refractivity contribution in [2.24, 2.45) is 5.16 Å². The minimum absolute atomic E-state index is 0.0663. The molecule has 0 saturated carbocycles. The molecule has 0 aliphatic carbocycles. The summed E-state index contributed by atoms with van der Waals surface area (Å²) < 4.78 is 5.65. The fraction of sp³-hybridized carbons (Fsp3) is 0.600. The number of thioether (sulfide) groups is 1. The number of carbonyl (C=O) groups excluding carboxylic acids is 1. The van der Waals surface area contributed by atoms with Gasteiger partial charge in [0.1, 0.15) is 23.5 Å². The van der Waals surface area contributed by atoms with Gasteiger partial charge < -0.3 is 14.7 Å². The molecule has 0 aromatic carbocycles. The van der Waals surface area contributed by atoms with Crippen LogP contribution in [0.4, 0.5) is 0 Å². The van der Waals surface area contributed by atoms with E-state index < -0.39 is 11.6 Å². The van der Waals surface area contributed by atoms with Crippen molar-refractivity contribution in [2.45, 2.75) is 38.2 Å². The van der Waals surface area contributed by atoms with Crippen LogP contribution in [0.2, 0.25) is 0 Å². The lowest BCUT2D eigenvalue weighted by Gasteiger charge is -2.39. The van der Waals surface area contributed by atoms with E-state index in [0.29, 0.717) is 18.6 Å². The van der Waals surface area contributed by atoms with Gasteiger partial charge in [-0.05, 0) is 25.0 Å². The van der Waals surface area contributed by atoms with Gasteiger partial charge in [-0.3, -0.25) is 0 Å². The van der Waals surface area contributed by atoms with Crippen molar-refractivity contribution >= 4 is 23.4 Å². The fourth-order valence-electron chi connectivity index (χ4n) is 2.58. The van der Waals surface area contributed by atoms with Crippen molar-refractivity contribution < 1.29 is 19.5 Å². The third-order valence-corrected chi connectivity index (χ3v) is 4.88. The Morgan fingerprint density at radius 3 is 3.05 bits per heavy atom. The van der Waals surface area contributed by atoms with Gasteiger partial charge in [-0.15, -0.1) is 0 Å². The third kappa shape index (κ3) is 3.61. The number of hydrogen-bond donors (Lipinski definition) is 1. The van der Waals surface area contributed by atoms with Crippen molar-refractivity contribution in [1.82, 2.24) is 0 Å². The first-order valence-electron chi connectivity index (χ1n) is 7.15. The summed E-state index contributed by atoms with van der Waals surface area (Å²) in [4.78, 5) is 17.3. The summed E-state index contributed by atoms with van der Waals surface area (Å²) >= 11 is 1.76. The zero-order valence-electron chi connectivity index (χ0n) is 12.3. The largest absolute Gasteiger partial charge is 0.511 e. The summed E-state index contributed by atoms with van der Waals surface area (Å²) in [7, 11) is 0. The molecule has 5 nitrogen and oxygen atoms in total. The highest BCUT2D eigenvalue weighted by atomic mass is 32.2. The molecule has 0 aromatic rings. The molecule has 21 heavy (non-hydrogen) atoms. The molecule has 1 saturated heterocycles. The first-order valence-corrected chi connectivity index (χ1v) is 8.30. The second-order valence-electron chi connectivity index (χ2n) is 5.20. The van der Waals surface area contributed by atoms with Gasteiger partial charge >= 0.3 is 5.97 Å². The van der Waals surface area contributed by atoms with Gasteiger partial charge in [0.15, 0.2) is 0 Å². The van der Waals surface area contributed by atoms with Crippen LogP contribution in [0.1, 0.15) is 32.6 Å². The highest BCUT2D eigenvalue weighted by Gasteiger charge is 2.44. The van der Waals surface area contributed by atoms with Gasteiger partial charge in [-0.2, -0.15) is 11.8 Å². The van der Waals surface area contributed by atoms with Crippen molar-refractivity contribution in [1.29, 1.82) is 0 Å². The smallest absolute Gasteiger partial charge is 0.344 e. The molecule has 0 radical (unpaired) electrons.